The zero-order valence-electron chi connectivity index (χ0n) is 16.0. The summed E-state index contributed by atoms with van der Waals surface area (Å²) in [6, 6.07) is 4.20. The molecular weight excluding hydrogens is 358 g/mol. The summed E-state index contributed by atoms with van der Waals surface area (Å²) in [4.78, 5) is 25.7. The molecule has 0 aliphatic carbocycles. The molecule has 0 radical (unpaired) electrons. The van der Waals surface area contributed by atoms with E-state index in [9.17, 15) is 9.59 Å². The van der Waals surface area contributed by atoms with Crippen molar-refractivity contribution >= 4 is 22.8 Å². The van der Waals surface area contributed by atoms with Crippen LogP contribution in [0.3, 0.4) is 0 Å². The second-order valence-corrected chi connectivity index (χ2v) is 7.45. The molecule has 2 aromatic heterocycles. The van der Waals surface area contributed by atoms with Gasteiger partial charge in [-0.2, -0.15) is 5.10 Å². The third-order valence-electron chi connectivity index (χ3n) is 5.72. The van der Waals surface area contributed by atoms with Crippen molar-refractivity contribution in [3.63, 3.8) is 0 Å². The first-order valence-electron chi connectivity index (χ1n) is 9.45. The lowest BCUT2D eigenvalue weighted by Gasteiger charge is -2.32. The highest BCUT2D eigenvalue weighted by molar-refractivity contribution is 5.89. The second-order valence-electron chi connectivity index (χ2n) is 7.45. The average molecular weight is 381 g/mol. The Labute approximate surface area is 162 Å². The molecule has 7 nitrogen and oxygen atoms in total. The van der Waals surface area contributed by atoms with E-state index in [0.29, 0.717) is 19.5 Å². The smallest absolute Gasteiger partial charge is 0.338 e. The van der Waals surface area contributed by atoms with Crippen LogP contribution in [0.2, 0.25) is 0 Å². The van der Waals surface area contributed by atoms with Gasteiger partial charge in [-0.1, -0.05) is 12.1 Å². The zero-order chi connectivity index (χ0) is 19.8. The van der Waals surface area contributed by atoms with Crippen LogP contribution in [-0.4, -0.2) is 44.8 Å². The van der Waals surface area contributed by atoms with Crippen molar-refractivity contribution in [3.05, 3.63) is 53.0 Å². The summed E-state index contributed by atoms with van der Waals surface area (Å²) in [5.74, 6) is -0.886. The predicted octanol–water partition coefficient (Wildman–Crippen LogP) is 3.35. The van der Waals surface area contributed by atoms with E-state index in [1.54, 1.807) is 17.1 Å². The third-order valence-corrected chi connectivity index (χ3v) is 5.72. The van der Waals surface area contributed by atoms with Gasteiger partial charge in [-0.05, 0) is 37.8 Å². The van der Waals surface area contributed by atoms with Crippen molar-refractivity contribution in [1.29, 1.82) is 0 Å². The minimum absolute atomic E-state index is 0.0890. The number of aromatic nitrogens is 2. The number of piperidine rings is 1. The number of aryl methyl sites for hydroxylation is 2. The zero-order valence-corrected chi connectivity index (χ0v) is 16.0. The SMILES string of the molecule is Cc1ccc2c(CC(=O)N3CCC(n4cc(C(=O)O)cn4)CC3)coc2c1C. The minimum Gasteiger partial charge on any atom is -0.478 e. The van der Waals surface area contributed by atoms with Crippen LogP contribution in [0.25, 0.3) is 11.0 Å². The van der Waals surface area contributed by atoms with Gasteiger partial charge in [0.25, 0.3) is 0 Å². The molecule has 0 unspecified atom stereocenters. The molecule has 7 heteroatoms. The average Bonchev–Trinajstić information content (AvgIpc) is 3.33. The molecule has 1 aliphatic rings. The molecule has 3 aromatic rings. The number of likely N-dealkylation sites (tertiary alicyclic amines) is 1. The highest BCUT2D eigenvalue weighted by Gasteiger charge is 2.25. The maximum atomic E-state index is 12.8. The van der Waals surface area contributed by atoms with Crippen molar-refractivity contribution in [2.24, 2.45) is 0 Å². The van der Waals surface area contributed by atoms with Crippen LogP contribution in [0.4, 0.5) is 0 Å². The number of hydrogen-bond donors (Lipinski definition) is 1. The molecule has 1 fully saturated rings. The Hall–Kier alpha value is -3.09. The van der Waals surface area contributed by atoms with Crippen molar-refractivity contribution in [1.82, 2.24) is 14.7 Å². The molecule has 3 heterocycles. The molecular formula is C21H23N3O4. The largest absolute Gasteiger partial charge is 0.478 e. The van der Waals surface area contributed by atoms with E-state index in [-0.39, 0.29) is 17.5 Å². The maximum absolute atomic E-state index is 12.8. The normalized spacial score (nSPS) is 15.3. The fraction of sp³-hybridized carbons (Fsp3) is 0.381. The van der Waals surface area contributed by atoms with Gasteiger partial charge in [0.05, 0.1) is 30.5 Å². The van der Waals surface area contributed by atoms with Gasteiger partial charge in [0.2, 0.25) is 5.91 Å². The lowest BCUT2D eigenvalue weighted by Crippen LogP contribution is -2.39. The van der Waals surface area contributed by atoms with Gasteiger partial charge >= 0.3 is 5.97 Å². The first-order chi connectivity index (χ1) is 13.4. The molecule has 4 rings (SSSR count). The molecule has 146 valence electrons. The van der Waals surface area contributed by atoms with Gasteiger partial charge in [-0.25, -0.2) is 4.79 Å². The quantitative estimate of drug-likeness (QED) is 0.749. The fourth-order valence-electron chi connectivity index (χ4n) is 3.83. The van der Waals surface area contributed by atoms with Crippen molar-refractivity contribution in [3.8, 4) is 0 Å². The summed E-state index contributed by atoms with van der Waals surface area (Å²) >= 11 is 0. The van der Waals surface area contributed by atoms with E-state index in [1.807, 2.05) is 24.8 Å². The standard InChI is InChI=1S/C21H23N3O4/c1-13-3-4-18-15(12-28-20(18)14(13)2)9-19(25)23-7-5-17(6-8-23)24-11-16(10-22-24)21(26)27/h3-4,10-12,17H,5-9H2,1-2H3,(H,26,27). The monoisotopic (exact) mass is 381 g/mol. The Bertz CT molecular complexity index is 1040. The number of benzene rings is 1. The molecule has 1 aliphatic heterocycles. The third kappa shape index (κ3) is 3.28. The molecule has 28 heavy (non-hydrogen) atoms. The predicted molar refractivity (Wildman–Crippen MR) is 103 cm³/mol. The van der Waals surface area contributed by atoms with E-state index in [0.717, 1.165) is 34.9 Å². The fourth-order valence-corrected chi connectivity index (χ4v) is 3.83. The molecule has 1 N–H and O–H groups in total. The summed E-state index contributed by atoms with van der Waals surface area (Å²) in [7, 11) is 0. The number of aromatic carboxylic acids is 1. The topological polar surface area (TPSA) is 88.6 Å². The van der Waals surface area contributed by atoms with E-state index >= 15 is 0 Å². The van der Waals surface area contributed by atoms with Gasteiger partial charge in [-0.15, -0.1) is 0 Å². The number of fused-ring (bicyclic) bond motifs is 1. The molecule has 0 atom stereocenters. The number of carbonyl (C=O) groups excluding carboxylic acids is 1. The van der Waals surface area contributed by atoms with Crippen LogP contribution in [0.15, 0.2) is 35.2 Å². The molecule has 0 bridgehead atoms. The van der Waals surface area contributed by atoms with E-state index in [4.69, 9.17) is 9.52 Å². The number of carboxylic acids is 1. The lowest BCUT2D eigenvalue weighted by molar-refractivity contribution is -0.131. The molecule has 1 saturated heterocycles. The van der Waals surface area contributed by atoms with Crippen molar-refractivity contribution < 1.29 is 19.1 Å². The lowest BCUT2D eigenvalue weighted by atomic mass is 10.0. The minimum atomic E-state index is -0.975. The molecule has 1 amide bonds. The first-order valence-corrected chi connectivity index (χ1v) is 9.45. The van der Waals surface area contributed by atoms with E-state index in [1.165, 1.54) is 11.8 Å². The van der Waals surface area contributed by atoms with Crippen LogP contribution >= 0.6 is 0 Å². The van der Waals surface area contributed by atoms with Gasteiger partial charge in [-0.3, -0.25) is 9.48 Å². The highest BCUT2D eigenvalue weighted by Crippen LogP contribution is 2.28. The molecule has 0 saturated carbocycles. The van der Waals surface area contributed by atoms with E-state index in [2.05, 4.69) is 11.2 Å². The summed E-state index contributed by atoms with van der Waals surface area (Å²) < 4.78 is 7.42. The number of carboxylic acid groups (broad SMARTS) is 1. The van der Waals surface area contributed by atoms with Crippen LogP contribution in [0.5, 0.6) is 0 Å². The molecule has 1 aromatic carbocycles. The number of furan rings is 1. The van der Waals surface area contributed by atoms with Gasteiger partial charge < -0.3 is 14.4 Å². The number of amides is 1. The second kappa shape index (κ2) is 7.14. The summed E-state index contributed by atoms with van der Waals surface area (Å²) in [6.45, 7) is 5.35. The Morgan fingerprint density at radius 3 is 2.68 bits per heavy atom. The molecule has 0 spiro atoms. The summed E-state index contributed by atoms with van der Waals surface area (Å²) in [6.07, 6.45) is 6.47. The highest BCUT2D eigenvalue weighted by atomic mass is 16.4. The van der Waals surface area contributed by atoms with Crippen molar-refractivity contribution in [2.75, 3.05) is 13.1 Å². The van der Waals surface area contributed by atoms with Crippen molar-refractivity contribution in [2.45, 2.75) is 39.2 Å². The van der Waals surface area contributed by atoms with Crippen LogP contribution in [0, 0.1) is 13.8 Å². The van der Waals surface area contributed by atoms with Gasteiger partial charge in [0, 0.05) is 30.2 Å². The van der Waals surface area contributed by atoms with Gasteiger partial charge in [0.1, 0.15) is 5.58 Å². The summed E-state index contributed by atoms with van der Waals surface area (Å²) in [5.41, 5.74) is 4.25. The van der Waals surface area contributed by atoms with E-state index < -0.39 is 5.97 Å². The van der Waals surface area contributed by atoms with Crippen LogP contribution in [0.1, 0.15) is 45.9 Å². The first kappa shape index (κ1) is 18.3. The Morgan fingerprint density at radius 1 is 1.25 bits per heavy atom. The Kier molecular flexibility index (Phi) is 4.66. The van der Waals surface area contributed by atoms with Crippen LogP contribution in [-0.2, 0) is 11.2 Å². The number of nitrogens with zero attached hydrogens (tertiary/aromatic N) is 3. The van der Waals surface area contributed by atoms with Gasteiger partial charge in [0.15, 0.2) is 0 Å². The Morgan fingerprint density at radius 2 is 2.00 bits per heavy atom. The summed E-state index contributed by atoms with van der Waals surface area (Å²) in [5, 5.41) is 14.2. The van der Waals surface area contributed by atoms with Crippen LogP contribution < -0.4 is 0 Å². The number of hydrogen-bond acceptors (Lipinski definition) is 4. The Balaban J connectivity index is 1.40. The number of carbonyl (C=O) groups is 2. The maximum Gasteiger partial charge on any atom is 0.338 e. The number of rotatable bonds is 4.